The van der Waals surface area contributed by atoms with Crippen LogP contribution in [0.2, 0.25) is 0 Å². The number of ketones is 1. The molecule has 88 valence electrons. The highest BCUT2D eigenvalue weighted by Crippen LogP contribution is 2.57. The standard InChI is InChI=1S/C14H26O/c1-11(15)14(10-12(2,3)4)9-7-8-13(14,5)6/h7-10H2,1-6H3. The molecule has 0 aromatic rings. The van der Waals surface area contributed by atoms with Crippen molar-refractivity contribution in [1.29, 1.82) is 0 Å². The molecule has 0 heterocycles. The Morgan fingerprint density at radius 3 is 2.00 bits per heavy atom. The minimum absolute atomic E-state index is 0.0642. The monoisotopic (exact) mass is 210 g/mol. The van der Waals surface area contributed by atoms with E-state index in [4.69, 9.17) is 0 Å². The van der Waals surface area contributed by atoms with E-state index in [-0.39, 0.29) is 16.2 Å². The fraction of sp³-hybridized carbons (Fsp3) is 0.929. The summed E-state index contributed by atoms with van der Waals surface area (Å²) in [5.74, 6) is 0.403. The van der Waals surface area contributed by atoms with Gasteiger partial charge in [-0.1, -0.05) is 41.0 Å². The Bertz CT molecular complexity index is 257. The maximum Gasteiger partial charge on any atom is 0.136 e. The molecule has 1 rings (SSSR count). The van der Waals surface area contributed by atoms with Crippen LogP contribution in [0.5, 0.6) is 0 Å². The predicted octanol–water partition coefficient (Wildman–Crippen LogP) is 4.21. The highest BCUT2D eigenvalue weighted by molar-refractivity contribution is 5.83. The molecule has 0 saturated heterocycles. The zero-order chi connectivity index (χ0) is 11.9. The van der Waals surface area contributed by atoms with Gasteiger partial charge in [0.15, 0.2) is 0 Å². The first-order valence-corrected chi connectivity index (χ1v) is 6.12. The quantitative estimate of drug-likeness (QED) is 0.667. The molecule has 1 aliphatic rings. The van der Waals surface area contributed by atoms with Crippen molar-refractivity contribution in [2.45, 2.75) is 67.2 Å². The molecule has 1 nitrogen and oxygen atoms in total. The predicted molar refractivity (Wildman–Crippen MR) is 64.8 cm³/mol. The van der Waals surface area contributed by atoms with Gasteiger partial charge in [0.25, 0.3) is 0 Å². The lowest BCUT2D eigenvalue weighted by Crippen LogP contribution is -2.42. The Labute approximate surface area is 94.6 Å². The van der Waals surface area contributed by atoms with Crippen LogP contribution in [0.1, 0.15) is 67.2 Å². The maximum absolute atomic E-state index is 12.1. The zero-order valence-corrected chi connectivity index (χ0v) is 11.2. The molecule has 15 heavy (non-hydrogen) atoms. The summed E-state index contributed by atoms with van der Waals surface area (Å²) >= 11 is 0. The van der Waals surface area contributed by atoms with Gasteiger partial charge < -0.3 is 0 Å². The van der Waals surface area contributed by atoms with Gasteiger partial charge in [0.2, 0.25) is 0 Å². The molecule has 0 aromatic carbocycles. The van der Waals surface area contributed by atoms with Crippen LogP contribution >= 0.6 is 0 Å². The molecule has 0 aromatic heterocycles. The summed E-state index contributed by atoms with van der Waals surface area (Å²) < 4.78 is 0. The van der Waals surface area contributed by atoms with Crippen LogP contribution in [-0.4, -0.2) is 5.78 Å². The van der Waals surface area contributed by atoms with E-state index < -0.39 is 0 Å². The van der Waals surface area contributed by atoms with Crippen LogP contribution in [0, 0.1) is 16.2 Å². The third kappa shape index (κ3) is 2.26. The Morgan fingerprint density at radius 1 is 1.20 bits per heavy atom. The number of carbonyl (C=O) groups excluding carboxylic acids is 1. The Kier molecular flexibility index (Phi) is 3.06. The van der Waals surface area contributed by atoms with Crippen LogP contribution in [0.15, 0.2) is 0 Å². The summed E-state index contributed by atoms with van der Waals surface area (Å²) in [6.07, 6.45) is 4.53. The highest BCUT2D eigenvalue weighted by atomic mass is 16.1. The average molecular weight is 210 g/mol. The average Bonchev–Trinajstić information content (AvgIpc) is 2.24. The first kappa shape index (κ1) is 12.7. The molecular weight excluding hydrogens is 184 g/mol. The van der Waals surface area contributed by atoms with E-state index in [9.17, 15) is 4.79 Å². The molecule has 0 aliphatic heterocycles. The lowest BCUT2D eigenvalue weighted by Gasteiger charge is -2.43. The minimum atomic E-state index is -0.0642. The summed E-state index contributed by atoms with van der Waals surface area (Å²) in [5, 5.41) is 0. The van der Waals surface area contributed by atoms with Gasteiger partial charge in [0.1, 0.15) is 5.78 Å². The van der Waals surface area contributed by atoms with Crippen molar-refractivity contribution in [2.75, 3.05) is 0 Å². The molecule has 1 fully saturated rings. The summed E-state index contributed by atoms with van der Waals surface area (Å²) in [6, 6.07) is 0. The molecule has 0 spiro atoms. The SMILES string of the molecule is CC(=O)C1(CC(C)(C)C)CCCC1(C)C. The normalized spacial score (nSPS) is 30.5. The molecule has 0 N–H and O–H groups in total. The smallest absolute Gasteiger partial charge is 0.136 e. The Hall–Kier alpha value is -0.330. The lowest BCUT2D eigenvalue weighted by molar-refractivity contribution is -0.134. The van der Waals surface area contributed by atoms with Crippen molar-refractivity contribution in [3.8, 4) is 0 Å². The van der Waals surface area contributed by atoms with Crippen LogP contribution in [-0.2, 0) is 4.79 Å². The fourth-order valence-electron chi connectivity index (χ4n) is 3.42. The van der Waals surface area contributed by atoms with Crippen LogP contribution < -0.4 is 0 Å². The number of hydrogen-bond acceptors (Lipinski definition) is 1. The van der Waals surface area contributed by atoms with E-state index in [0.29, 0.717) is 5.78 Å². The van der Waals surface area contributed by atoms with Gasteiger partial charge in [0, 0.05) is 5.41 Å². The van der Waals surface area contributed by atoms with Crippen molar-refractivity contribution in [3.63, 3.8) is 0 Å². The summed E-state index contributed by atoms with van der Waals surface area (Å²) in [7, 11) is 0. The largest absolute Gasteiger partial charge is 0.299 e. The van der Waals surface area contributed by atoms with E-state index >= 15 is 0 Å². The molecule has 0 bridgehead atoms. The zero-order valence-electron chi connectivity index (χ0n) is 11.2. The van der Waals surface area contributed by atoms with E-state index in [1.54, 1.807) is 6.92 Å². The fourth-order valence-corrected chi connectivity index (χ4v) is 3.42. The number of carbonyl (C=O) groups is 1. The van der Waals surface area contributed by atoms with Crippen LogP contribution in [0.25, 0.3) is 0 Å². The summed E-state index contributed by atoms with van der Waals surface area (Å²) in [4.78, 5) is 12.1. The second-order valence-electron chi connectivity index (χ2n) is 7.11. The van der Waals surface area contributed by atoms with Crippen molar-refractivity contribution < 1.29 is 4.79 Å². The molecule has 1 atom stereocenters. The van der Waals surface area contributed by atoms with Crippen LogP contribution in [0.4, 0.5) is 0 Å². The van der Waals surface area contributed by atoms with Gasteiger partial charge in [-0.15, -0.1) is 0 Å². The van der Waals surface area contributed by atoms with Crippen molar-refractivity contribution in [3.05, 3.63) is 0 Å². The molecule has 0 radical (unpaired) electrons. The van der Waals surface area contributed by atoms with Gasteiger partial charge >= 0.3 is 0 Å². The molecular formula is C14H26O. The van der Waals surface area contributed by atoms with Gasteiger partial charge in [-0.2, -0.15) is 0 Å². The maximum atomic E-state index is 12.1. The van der Waals surface area contributed by atoms with E-state index in [2.05, 4.69) is 34.6 Å². The summed E-state index contributed by atoms with van der Waals surface area (Å²) in [6.45, 7) is 13.1. The van der Waals surface area contributed by atoms with Crippen molar-refractivity contribution in [2.24, 2.45) is 16.2 Å². The van der Waals surface area contributed by atoms with Crippen LogP contribution in [0.3, 0.4) is 0 Å². The lowest BCUT2D eigenvalue weighted by atomic mass is 9.59. The summed E-state index contributed by atoms with van der Waals surface area (Å²) in [5.41, 5.74) is 0.366. The van der Waals surface area contributed by atoms with Crippen molar-refractivity contribution >= 4 is 5.78 Å². The first-order valence-electron chi connectivity index (χ1n) is 6.12. The third-order valence-corrected chi connectivity index (χ3v) is 4.21. The van der Waals surface area contributed by atoms with E-state index in [1.807, 2.05) is 0 Å². The number of hydrogen-bond donors (Lipinski definition) is 0. The molecule has 1 heteroatoms. The Balaban J connectivity index is 3.05. The number of rotatable bonds is 2. The van der Waals surface area contributed by atoms with Gasteiger partial charge in [-0.3, -0.25) is 4.79 Å². The molecule has 1 unspecified atom stereocenters. The topological polar surface area (TPSA) is 17.1 Å². The minimum Gasteiger partial charge on any atom is -0.299 e. The highest BCUT2D eigenvalue weighted by Gasteiger charge is 2.53. The van der Waals surface area contributed by atoms with Gasteiger partial charge in [0.05, 0.1) is 0 Å². The molecule has 1 aliphatic carbocycles. The molecule has 1 saturated carbocycles. The molecule has 0 amide bonds. The van der Waals surface area contributed by atoms with E-state index in [0.717, 1.165) is 12.8 Å². The Morgan fingerprint density at radius 2 is 1.73 bits per heavy atom. The first-order chi connectivity index (χ1) is 6.61. The second-order valence-corrected chi connectivity index (χ2v) is 7.11. The van der Waals surface area contributed by atoms with E-state index in [1.165, 1.54) is 12.8 Å². The third-order valence-electron chi connectivity index (χ3n) is 4.21. The second kappa shape index (κ2) is 3.61. The van der Waals surface area contributed by atoms with Gasteiger partial charge in [-0.05, 0) is 37.0 Å². The van der Waals surface area contributed by atoms with Gasteiger partial charge in [-0.25, -0.2) is 0 Å². The number of Topliss-reactive ketones (excluding diaryl/α,β-unsaturated/α-hetero) is 1. The van der Waals surface area contributed by atoms with Crippen molar-refractivity contribution in [1.82, 2.24) is 0 Å².